The van der Waals surface area contributed by atoms with E-state index >= 15 is 0 Å². The average Bonchev–Trinajstić information content (AvgIpc) is 2.99. The second-order valence-corrected chi connectivity index (χ2v) is 8.59. The molecule has 136 valence electrons. The molecule has 0 spiro atoms. The first-order valence-electron chi connectivity index (χ1n) is 8.74. The van der Waals surface area contributed by atoms with E-state index < -0.39 is 5.60 Å². The largest absolute Gasteiger partial charge is 0.390 e. The number of rotatable bonds is 3. The third-order valence-electron chi connectivity index (χ3n) is 5.00. The van der Waals surface area contributed by atoms with Crippen LogP contribution in [0.1, 0.15) is 24.6 Å². The fourth-order valence-corrected chi connectivity index (χ4v) is 4.74. The zero-order valence-electron chi connectivity index (χ0n) is 14.4. The summed E-state index contributed by atoms with van der Waals surface area (Å²) in [4.78, 5) is 14.8. The maximum atomic E-state index is 10.1. The van der Waals surface area contributed by atoms with E-state index in [9.17, 15) is 5.11 Å². The molecule has 0 atom stereocenters. The second-order valence-electron chi connectivity index (χ2n) is 7.12. The Kier molecular flexibility index (Phi) is 4.85. The topological polar surface area (TPSA) is 61.7 Å². The van der Waals surface area contributed by atoms with Crippen molar-refractivity contribution >= 4 is 39.0 Å². The molecule has 8 heteroatoms. The number of morpholine rings is 1. The second kappa shape index (κ2) is 6.96. The van der Waals surface area contributed by atoms with Crippen LogP contribution in [0.4, 0.5) is 5.82 Å². The van der Waals surface area contributed by atoms with Crippen molar-refractivity contribution in [3.05, 3.63) is 16.2 Å². The van der Waals surface area contributed by atoms with Crippen LogP contribution in [0.15, 0.2) is 6.07 Å². The Balaban J connectivity index is 1.57. The number of fused-ring (bicyclic) bond motifs is 1. The molecule has 25 heavy (non-hydrogen) atoms. The lowest BCUT2D eigenvalue weighted by Crippen LogP contribution is -2.41. The Labute approximate surface area is 156 Å². The summed E-state index contributed by atoms with van der Waals surface area (Å²) in [6.07, 6.45) is 1.64. The zero-order valence-corrected chi connectivity index (χ0v) is 15.9. The van der Waals surface area contributed by atoms with Crippen LogP contribution in [0.5, 0.6) is 0 Å². The Morgan fingerprint density at radius 3 is 2.68 bits per heavy atom. The van der Waals surface area contributed by atoms with Gasteiger partial charge in [0.25, 0.3) is 0 Å². The molecule has 2 aromatic rings. The van der Waals surface area contributed by atoms with Crippen LogP contribution < -0.4 is 4.90 Å². The first kappa shape index (κ1) is 17.4. The van der Waals surface area contributed by atoms with Gasteiger partial charge in [0.1, 0.15) is 0 Å². The third-order valence-corrected chi connectivity index (χ3v) is 6.27. The SMILES string of the molecule is CC1(O)CCN(Cc2cc3nc(Cl)nc(N4CCOCC4)c3s2)CC1. The molecule has 2 fully saturated rings. The number of halogens is 1. The quantitative estimate of drug-likeness (QED) is 0.823. The van der Waals surface area contributed by atoms with E-state index in [1.54, 1.807) is 11.3 Å². The molecular weight excluding hydrogens is 360 g/mol. The maximum Gasteiger partial charge on any atom is 0.224 e. The number of hydrogen-bond donors (Lipinski definition) is 1. The molecule has 2 aliphatic rings. The third kappa shape index (κ3) is 3.90. The van der Waals surface area contributed by atoms with Crippen LogP contribution in [0, 0.1) is 0 Å². The molecule has 0 saturated carbocycles. The number of ether oxygens (including phenoxy) is 1. The highest BCUT2D eigenvalue weighted by molar-refractivity contribution is 7.19. The number of aliphatic hydroxyl groups is 1. The van der Waals surface area contributed by atoms with Crippen molar-refractivity contribution in [1.29, 1.82) is 0 Å². The minimum atomic E-state index is -0.515. The van der Waals surface area contributed by atoms with E-state index in [-0.39, 0.29) is 0 Å². The van der Waals surface area contributed by atoms with Crippen molar-refractivity contribution < 1.29 is 9.84 Å². The van der Waals surface area contributed by atoms with Crippen molar-refractivity contribution in [2.45, 2.75) is 31.9 Å². The summed E-state index contributed by atoms with van der Waals surface area (Å²) < 4.78 is 6.55. The van der Waals surface area contributed by atoms with Gasteiger partial charge in [-0.25, -0.2) is 4.98 Å². The van der Waals surface area contributed by atoms with Gasteiger partial charge < -0.3 is 14.7 Å². The summed E-state index contributed by atoms with van der Waals surface area (Å²) in [5, 5.41) is 10.4. The first-order chi connectivity index (χ1) is 12.0. The van der Waals surface area contributed by atoms with Crippen LogP contribution >= 0.6 is 22.9 Å². The Hall–Kier alpha value is -0.990. The highest BCUT2D eigenvalue weighted by Crippen LogP contribution is 2.34. The number of likely N-dealkylation sites (tertiary alicyclic amines) is 1. The van der Waals surface area contributed by atoms with E-state index in [1.165, 1.54) is 4.88 Å². The summed E-state index contributed by atoms with van der Waals surface area (Å²) in [5.74, 6) is 0.927. The van der Waals surface area contributed by atoms with Crippen LogP contribution in [0.25, 0.3) is 10.2 Å². The van der Waals surface area contributed by atoms with Gasteiger partial charge in [-0.05, 0) is 37.4 Å². The van der Waals surface area contributed by atoms with Crippen molar-refractivity contribution in [2.24, 2.45) is 0 Å². The number of piperidine rings is 1. The van der Waals surface area contributed by atoms with Gasteiger partial charge in [0.15, 0.2) is 5.82 Å². The van der Waals surface area contributed by atoms with Gasteiger partial charge in [-0.15, -0.1) is 11.3 Å². The summed E-state index contributed by atoms with van der Waals surface area (Å²) in [6.45, 7) is 7.75. The molecule has 6 nitrogen and oxygen atoms in total. The molecule has 0 unspecified atom stereocenters. The van der Waals surface area contributed by atoms with Gasteiger partial charge in [0, 0.05) is 37.6 Å². The standard InChI is InChI=1S/C17H23ClN4O2S/c1-17(23)2-4-21(5-3-17)11-12-10-13-14(25-12)15(20-16(18)19-13)22-6-8-24-9-7-22/h10,23H,2-9,11H2,1H3. The van der Waals surface area contributed by atoms with Gasteiger partial charge in [0.2, 0.25) is 5.28 Å². The summed E-state index contributed by atoms with van der Waals surface area (Å²) in [7, 11) is 0. The van der Waals surface area contributed by atoms with Gasteiger partial charge >= 0.3 is 0 Å². The van der Waals surface area contributed by atoms with Gasteiger partial charge in [-0.1, -0.05) is 0 Å². The van der Waals surface area contributed by atoms with E-state index in [4.69, 9.17) is 16.3 Å². The number of thiophene rings is 1. The Morgan fingerprint density at radius 1 is 1.24 bits per heavy atom. The summed E-state index contributed by atoms with van der Waals surface area (Å²) in [5.41, 5.74) is 0.407. The monoisotopic (exact) mass is 382 g/mol. The highest BCUT2D eigenvalue weighted by Gasteiger charge is 2.27. The highest BCUT2D eigenvalue weighted by atomic mass is 35.5. The van der Waals surface area contributed by atoms with Crippen LogP contribution in [0.3, 0.4) is 0 Å². The van der Waals surface area contributed by atoms with E-state index in [1.807, 2.05) is 6.92 Å². The predicted molar refractivity (Wildman–Crippen MR) is 101 cm³/mol. The number of aromatic nitrogens is 2. The van der Waals surface area contributed by atoms with Crippen LogP contribution in [-0.4, -0.2) is 65.0 Å². The average molecular weight is 383 g/mol. The molecule has 0 aromatic carbocycles. The molecule has 0 aliphatic carbocycles. The Morgan fingerprint density at radius 2 is 1.96 bits per heavy atom. The smallest absolute Gasteiger partial charge is 0.224 e. The molecule has 0 bridgehead atoms. The van der Waals surface area contributed by atoms with Gasteiger partial charge in [-0.3, -0.25) is 4.90 Å². The fraction of sp³-hybridized carbons (Fsp3) is 0.647. The van der Waals surface area contributed by atoms with Crippen molar-refractivity contribution in [2.75, 3.05) is 44.3 Å². The van der Waals surface area contributed by atoms with Crippen molar-refractivity contribution in [3.63, 3.8) is 0 Å². The molecule has 2 aromatic heterocycles. The van der Waals surface area contributed by atoms with Gasteiger partial charge in [0.05, 0.1) is 29.0 Å². The molecule has 0 radical (unpaired) electrons. The van der Waals surface area contributed by atoms with Crippen LogP contribution in [-0.2, 0) is 11.3 Å². The first-order valence-corrected chi connectivity index (χ1v) is 9.93. The molecule has 4 heterocycles. The van der Waals surface area contributed by atoms with E-state index in [0.29, 0.717) is 5.28 Å². The molecule has 1 N–H and O–H groups in total. The van der Waals surface area contributed by atoms with E-state index in [0.717, 1.165) is 74.8 Å². The maximum absolute atomic E-state index is 10.1. The predicted octanol–water partition coefficient (Wildman–Crippen LogP) is 2.53. The molecule has 2 aliphatic heterocycles. The summed E-state index contributed by atoms with van der Waals surface area (Å²) >= 11 is 7.91. The fourth-order valence-electron chi connectivity index (χ4n) is 3.42. The lowest BCUT2D eigenvalue weighted by molar-refractivity contribution is -0.00706. The minimum absolute atomic E-state index is 0.298. The van der Waals surface area contributed by atoms with Crippen molar-refractivity contribution in [3.8, 4) is 0 Å². The van der Waals surface area contributed by atoms with Gasteiger partial charge in [-0.2, -0.15) is 4.98 Å². The lowest BCUT2D eigenvalue weighted by atomic mass is 9.94. The molecule has 4 rings (SSSR count). The Bertz CT molecular complexity index is 750. The van der Waals surface area contributed by atoms with E-state index in [2.05, 4.69) is 25.8 Å². The number of anilines is 1. The minimum Gasteiger partial charge on any atom is -0.390 e. The molecule has 2 saturated heterocycles. The normalized spacial score (nSPS) is 21.8. The summed E-state index contributed by atoms with van der Waals surface area (Å²) in [6, 6.07) is 2.13. The lowest BCUT2D eigenvalue weighted by Gasteiger charge is -2.35. The van der Waals surface area contributed by atoms with Crippen LogP contribution in [0.2, 0.25) is 5.28 Å². The number of nitrogens with zero attached hydrogens (tertiary/aromatic N) is 4. The molecular formula is C17H23ClN4O2S. The zero-order chi connectivity index (χ0) is 17.4. The number of hydrogen-bond acceptors (Lipinski definition) is 7. The van der Waals surface area contributed by atoms with Crippen molar-refractivity contribution in [1.82, 2.24) is 14.9 Å². The molecule has 0 amide bonds.